The minimum Gasteiger partial charge on any atom is -0.398 e. The highest BCUT2D eigenvalue weighted by Gasteiger charge is 2.11. The van der Waals surface area contributed by atoms with Crippen molar-refractivity contribution >= 4 is 33.2 Å². The molecule has 0 bridgehead atoms. The Morgan fingerprint density at radius 2 is 2.05 bits per heavy atom. The molecule has 2 aromatic rings. The van der Waals surface area contributed by atoms with Crippen LogP contribution >= 0.6 is 15.9 Å². The smallest absolute Gasteiger partial charge is 0.256 e. The highest BCUT2D eigenvalue weighted by molar-refractivity contribution is 9.10. The topological polar surface area (TPSA) is 55.1 Å². The second kappa shape index (κ2) is 6.05. The van der Waals surface area contributed by atoms with Gasteiger partial charge in [-0.05, 0) is 58.2 Å². The molecular weight excluding hydrogens is 323 g/mol. The van der Waals surface area contributed by atoms with E-state index < -0.39 is 5.82 Å². The SMILES string of the molecule is CCc1ccc(NC(=O)c2ccc(F)cc2Br)cc1N. The molecule has 0 spiro atoms. The zero-order chi connectivity index (χ0) is 14.7. The molecule has 2 rings (SSSR count). The van der Waals surface area contributed by atoms with Gasteiger partial charge >= 0.3 is 0 Å². The van der Waals surface area contributed by atoms with E-state index in [1.165, 1.54) is 18.2 Å². The van der Waals surface area contributed by atoms with Crippen molar-refractivity contribution in [1.82, 2.24) is 0 Å². The summed E-state index contributed by atoms with van der Waals surface area (Å²) in [5, 5.41) is 2.74. The maximum absolute atomic E-state index is 13.0. The lowest BCUT2D eigenvalue weighted by molar-refractivity contribution is 0.102. The number of nitrogen functional groups attached to an aromatic ring is 1. The maximum Gasteiger partial charge on any atom is 0.256 e. The molecule has 0 aliphatic rings. The normalized spacial score (nSPS) is 10.3. The first-order chi connectivity index (χ1) is 9.51. The number of nitrogens with two attached hydrogens (primary N) is 1. The number of benzene rings is 2. The molecule has 0 saturated carbocycles. The Kier molecular flexibility index (Phi) is 4.39. The molecule has 0 radical (unpaired) electrons. The van der Waals surface area contributed by atoms with Gasteiger partial charge in [-0.25, -0.2) is 4.39 Å². The molecule has 3 N–H and O–H groups in total. The van der Waals surface area contributed by atoms with Crippen molar-refractivity contribution < 1.29 is 9.18 Å². The zero-order valence-electron chi connectivity index (χ0n) is 10.9. The zero-order valence-corrected chi connectivity index (χ0v) is 12.5. The van der Waals surface area contributed by atoms with Gasteiger partial charge in [0.05, 0.1) is 5.56 Å². The third-order valence-corrected chi connectivity index (χ3v) is 3.62. The quantitative estimate of drug-likeness (QED) is 0.832. The molecule has 0 atom stereocenters. The first-order valence-electron chi connectivity index (χ1n) is 6.16. The van der Waals surface area contributed by atoms with Gasteiger partial charge in [-0.2, -0.15) is 0 Å². The number of hydrogen-bond acceptors (Lipinski definition) is 2. The van der Waals surface area contributed by atoms with Crippen LogP contribution < -0.4 is 11.1 Å². The molecule has 20 heavy (non-hydrogen) atoms. The van der Waals surface area contributed by atoms with Gasteiger partial charge in [-0.3, -0.25) is 4.79 Å². The van der Waals surface area contributed by atoms with E-state index >= 15 is 0 Å². The number of amides is 1. The molecule has 0 aromatic heterocycles. The van der Waals surface area contributed by atoms with Crippen LogP contribution in [0.1, 0.15) is 22.8 Å². The molecule has 104 valence electrons. The van der Waals surface area contributed by atoms with Crippen LogP contribution in [0.25, 0.3) is 0 Å². The van der Waals surface area contributed by atoms with Crippen LogP contribution in [-0.4, -0.2) is 5.91 Å². The van der Waals surface area contributed by atoms with Crippen LogP contribution in [-0.2, 0) is 6.42 Å². The Balaban J connectivity index is 2.21. The maximum atomic E-state index is 13.0. The molecule has 0 unspecified atom stereocenters. The summed E-state index contributed by atoms with van der Waals surface area (Å²) in [7, 11) is 0. The van der Waals surface area contributed by atoms with E-state index in [1.807, 2.05) is 13.0 Å². The lowest BCUT2D eigenvalue weighted by Gasteiger charge is -2.09. The van der Waals surface area contributed by atoms with Crippen LogP contribution in [0.2, 0.25) is 0 Å². The number of anilines is 2. The van der Waals surface area contributed by atoms with Gasteiger partial charge in [0.15, 0.2) is 0 Å². The number of rotatable bonds is 3. The Morgan fingerprint density at radius 1 is 1.30 bits per heavy atom. The lowest BCUT2D eigenvalue weighted by atomic mass is 10.1. The van der Waals surface area contributed by atoms with Gasteiger partial charge < -0.3 is 11.1 Å². The summed E-state index contributed by atoms with van der Waals surface area (Å²) in [5.74, 6) is -0.717. The molecule has 2 aromatic carbocycles. The van der Waals surface area contributed by atoms with Crippen LogP contribution in [0, 0.1) is 5.82 Å². The third kappa shape index (κ3) is 3.17. The average Bonchev–Trinajstić information content (AvgIpc) is 2.38. The van der Waals surface area contributed by atoms with Crippen molar-refractivity contribution in [3.05, 3.63) is 57.8 Å². The van der Waals surface area contributed by atoms with E-state index in [9.17, 15) is 9.18 Å². The second-order valence-electron chi connectivity index (χ2n) is 4.35. The summed E-state index contributed by atoms with van der Waals surface area (Å²) in [4.78, 5) is 12.1. The van der Waals surface area contributed by atoms with Crippen molar-refractivity contribution in [2.75, 3.05) is 11.1 Å². The highest BCUT2D eigenvalue weighted by Crippen LogP contribution is 2.22. The molecule has 3 nitrogen and oxygen atoms in total. The van der Waals surface area contributed by atoms with E-state index in [1.54, 1.807) is 12.1 Å². The van der Waals surface area contributed by atoms with Crippen molar-refractivity contribution in [2.45, 2.75) is 13.3 Å². The predicted molar refractivity (Wildman–Crippen MR) is 82.3 cm³/mol. The third-order valence-electron chi connectivity index (χ3n) is 2.96. The lowest BCUT2D eigenvalue weighted by Crippen LogP contribution is -2.13. The van der Waals surface area contributed by atoms with E-state index in [2.05, 4.69) is 21.2 Å². The Hall–Kier alpha value is -1.88. The monoisotopic (exact) mass is 336 g/mol. The van der Waals surface area contributed by atoms with E-state index in [-0.39, 0.29) is 5.91 Å². The summed E-state index contributed by atoms with van der Waals surface area (Å²) < 4.78 is 13.4. The van der Waals surface area contributed by atoms with Gasteiger partial charge in [0.25, 0.3) is 5.91 Å². The predicted octanol–water partition coefficient (Wildman–Crippen LogP) is 3.99. The fraction of sp³-hybridized carbons (Fsp3) is 0.133. The minimum atomic E-state index is -0.398. The van der Waals surface area contributed by atoms with Crippen molar-refractivity contribution in [3.63, 3.8) is 0 Å². The molecule has 1 amide bonds. The molecular formula is C15H14BrFN2O. The molecule has 0 fully saturated rings. The number of nitrogens with one attached hydrogen (secondary N) is 1. The fourth-order valence-electron chi connectivity index (χ4n) is 1.87. The number of hydrogen-bond donors (Lipinski definition) is 2. The summed E-state index contributed by atoms with van der Waals surface area (Å²) in [6, 6.07) is 9.32. The van der Waals surface area contributed by atoms with Crippen LogP contribution in [0.3, 0.4) is 0 Å². The molecule has 0 heterocycles. The van der Waals surface area contributed by atoms with E-state index in [0.717, 1.165) is 12.0 Å². The Labute approximate surface area is 125 Å². The second-order valence-corrected chi connectivity index (χ2v) is 5.20. The summed E-state index contributed by atoms with van der Waals surface area (Å²) in [6.45, 7) is 2.01. The Morgan fingerprint density at radius 3 is 2.65 bits per heavy atom. The number of halogens is 2. The number of carbonyl (C=O) groups excluding carboxylic acids is 1. The highest BCUT2D eigenvalue weighted by atomic mass is 79.9. The largest absolute Gasteiger partial charge is 0.398 e. The van der Waals surface area contributed by atoms with Crippen LogP contribution in [0.15, 0.2) is 40.9 Å². The number of aryl methyl sites for hydroxylation is 1. The summed E-state index contributed by atoms with van der Waals surface area (Å²) in [5.41, 5.74) is 8.54. The van der Waals surface area contributed by atoms with Gasteiger partial charge in [0.2, 0.25) is 0 Å². The van der Waals surface area contributed by atoms with Crippen LogP contribution in [0.4, 0.5) is 15.8 Å². The fourth-order valence-corrected chi connectivity index (χ4v) is 2.40. The first-order valence-corrected chi connectivity index (χ1v) is 6.95. The molecule has 5 heteroatoms. The standard InChI is InChI=1S/C15H14BrFN2O/c1-2-9-3-5-11(8-14(9)18)19-15(20)12-6-4-10(17)7-13(12)16/h3-8H,2,18H2,1H3,(H,19,20). The van der Waals surface area contributed by atoms with Gasteiger partial charge in [0.1, 0.15) is 5.82 Å². The average molecular weight is 337 g/mol. The van der Waals surface area contributed by atoms with E-state index in [4.69, 9.17) is 5.73 Å². The molecule has 0 saturated heterocycles. The minimum absolute atomic E-state index is 0.319. The Bertz CT molecular complexity index is 658. The van der Waals surface area contributed by atoms with Gasteiger partial charge in [-0.1, -0.05) is 13.0 Å². The first kappa shape index (κ1) is 14.5. The molecule has 0 aliphatic carbocycles. The van der Waals surface area contributed by atoms with Crippen molar-refractivity contribution in [3.8, 4) is 0 Å². The van der Waals surface area contributed by atoms with Gasteiger partial charge in [0, 0.05) is 15.8 Å². The molecule has 0 aliphatic heterocycles. The number of carbonyl (C=O) groups is 1. The summed E-state index contributed by atoms with van der Waals surface area (Å²) >= 11 is 3.17. The van der Waals surface area contributed by atoms with Gasteiger partial charge in [-0.15, -0.1) is 0 Å². The van der Waals surface area contributed by atoms with Crippen molar-refractivity contribution in [1.29, 1.82) is 0 Å². The van der Waals surface area contributed by atoms with Crippen molar-refractivity contribution in [2.24, 2.45) is 0 Å². The summed E-state index contributed by atoms with van der Waals surface area (Å²) in [6.07, 6.45) is 0.837. The van der Waals surface area contributed by atoms with Crippen LogP contribution in [0.5, 0.6) is 0 Å². The van der Waals surface area contributed by atoms with E-state index in [0.29, 0.717) is 21.4 Å².